The van der Waals surface area contributed by atoms with Crippen LogP contribution in [0, 0.1) is 0 Å². The van der Waals surface area contributed by atoms with Gasteiger partial charge in [-0.2, -0.15) is 0 Å². The van der Waals surface area contributed by atoms with E-state index in [-0.39, 0.29) is 0 Å². The standard InChI is InChI=1S/C11H6Cl2O.C2H6/c12-10-4-3-7-5-9(11(13)14)2-1-8(7)6-10;1-2/h1-6H;1-2H3. The summed E-state index contributed by atoms with van der Waals surface area (Å²) in [6.45, 7) is 4.00. The van der Waals surface area contributed by atoms with Gasteiger partial charge in [-0.15, -0.1) is 0 Å². The number of halogens is 2. The number of fused-ring (bicyclic) bond motifs is 1. The molecule has 0 saturated heterocycles. The maximum Gasteiger partial charge on any atom is 0.252 e. The highest BCUT2D eigenvalue weighted by molar-refractivity contribution is 6.67. The minimum atomic E-state index is -0.443. The fraction of sp³-hybridized carbons (Fsp3) is 0.154. The van der Waals surface area contributed by atoms with Gasteiger partial charge in [0.05, 0.1) is 0 Å². The summed E-state index contributed by atoms with van der Waals surface area (Å²) in [5, 5.41) is 2.20. The van der Waals surface area contributed by atoms with Crippen LogP contribution < -0.4 is 0 Å². The van der Waals surface area contributed by atoms with Crippen molar-refractivity contribution in [3.8, 4) is 0 Å². The first-order chi connectivity index (χ1) is 7.66. The van der Waals surface area contributed by atoms with E-state index in [1.807, 2.05) is 32.0 Å². The van der Waals surface area contributed by atoms with E-state index < -0.39 is 5.24 Å². The Kier molecular flexibility index (Phi) is 4.78. The van der Waals surface area contributed by atoms with Gasteiger partial charge in [-0.1, -0.05) is 37.6 Å². The molecule has 0 aliphatic rings. The highest BCUT2D eigenvalue weighted by atomic mass is 35.5. The van der Waals surface area contributed by atoms with Crippen LogP contribution in [0.1, 0.15) is 24.2 Å². The lowest BCUT2D eigenvalue weighted by molar-refractivity contribution is 0.108. The van der Waals surface area contributed by atoms with Gasteiger partial charge >= 0.3 is 0 Å². The molecule has 2 rings (SSSR count). The molecule has 0 unspecified atom stereocenters. The van der Waals surface area contributed by atoms with Crippen LogP contribution in [0.25, 0.3) is 10.8 Å². The highest BCUT2D eigenvalue weighted by Gasteiger charge is 2.02. The van der Waals surface area contributed by atoms with Crippen LogP contribution in [0.15, 0.2) is 36.4 Å². The van der Waals surface area contributed by atoms with Crippen LogP contribution in [0.2, 0.25) is 5.02 Å². The molecule has 0 radical (unpaired) electrons. The summed E-state index contributed by atoms with van der Waals surface area (Å²) in [7, 11) is 0. The van der Waals surface area contributed by atoms with E-state index in [9.17, 15) is 4.79 Å². The average molecular weight is 255 g/mol. The first kappa shape index (κ1) is 13.0. The molecule has 1 nitrogen and oxygen atoms in total. The van der Waals surface area contributed by atoms with Gasteiger partial charge in [0.25, 0.3) is 5.24 Å². The van der Waals surface area contributed by atoms with E-state index in [2.05, 4.69) is 0 Å². The summed E-state index contributed by atoms with van der Waals surface area (Å²) in [5.74, 6) is 0. The Balaban J connectivity index is 0.000000606. The zero-order valence-electron chi connectivity index (χ0n) is 9.13. The van der Waals surface area contributed by atoms with E-state index in [4.69, 9.17) is 23.2 Å². The normalized spacial score (nSPS) is 9.50. The Morgan fingerprint density at radius 1 is 1.00 bits per heavy atom. The van der Waals surface area contributed by atoms with E-state index in [1.165, 1.54) is 0 Å². The summed E-state index contributed by atoms with van der Waals surface area (Å²) in [6, 6.07) is 10.8. The molecular weight excluding hydrogens is 243 g/mol. The number of carbonyl (C=O) groups excluding carboxylic acids is 1. The number of hydrogen-bond acceptors (Lipinski definition) is 1. The lowest BCUT2D eigenvalue weighted by Crippen LogP contribution is -1.87. The first-order valence-corrected chi connectivity index (χ1v) is 5.81. The Morgan fingerprint density at radius 3 is 2.19 bits per heavy atom. The summed E-state index contributed by atoms with van der Waals surface area (Å²) in [4.78, 5) is 10.9. The maximum absolute atomic E-state index is 10.9. The topological polar surface area (TPSA) is 17.1 Å². The van der Waals surface area contributed by atoms with Crippen molar-refractivity contribution in [2.75, 3.05) is 0 Å². The van der Waals surface area contributed by atoms with Gasteiger partial charge in [0.2, 0.25) is 0 Å². The molecule has 2 aromatic carbocycles. The molecule has 0 aliphatic heterocycles. The van der Waals surface area contributed by atoms with Crippen molar-refractivity contribution in [2.24, 2.45) is 0 Å². The van der Waals surface area contributed by atoms with Crippen molar-refractivity contribution >= 4 is 39.2 Å². The number of rotatable bonds is 1. The quantitative estimate of drug-likeness (QED) is 0.662. The Labute approximate surface area is 105 Å². The van der Waals surface area contributed by atoms with E-state index in [0.717, 1.165) is 10.8 Å². The number of hydrogen-bond donors (Lipinski definition) is 0. The van der Waals surface area contributed by atoms with Crippen molar-refractivity contribution in [3.63, 3.8) is 0 Å². The fourth-order valence-corrected chi connectivity index (χ4v) is 1.64. The third-order valence-electron chi connectivity index (χ3n) is 2.03. The smallest absolute Gasteiger partial charge is 0.252 e. The van der Waals surface area contributed by atoms with Gasteiger partial charge in [0.1, 0.15) is 0 Å². The predicted molar refractivity (Wildman–Crippen MR) is 70.5 cm³/mol. The fourth-order valence-electron chi connectivity index (χ4n) is 1.34. The lowest BCUT2D eigenvalue weighted by Gasteiger charge is -1.99. The van der Waals surface area contributed by atoms with Crippen molar-refractivity contribution < 1.29 is 4.79 Å². The molecule has 0 aliphatic carbocycles. The van der Waals surface area contributed by atoms with Gasteiger partial charge in [-0.05, 0) is 46.6 Å². The van der Waals surface area contributed by atoms with Crippen molar-refractivity contribution in [2.45, 2.75) is 13.8 Å². The highest BCUT2D eigenvalue weighted by Crippen LogP contribution is 2.21. The number of carbonyl (C=O) groups is 1. The van der Waals surface area contributed by atoms with Gasteiger partial charge < -0.3 is 0 Å². The largest absolute Gasteiger partial charge is 0.276 e. The molecule has 0 heterocycles. The van der Waals surface area contributed by atoms with Crippen LogP contribution in [-0.2, 0) is 0 Å². The van der Waals surface area contributed by atoms with Crippen LogP contribution in [0.5, 0.6) is 0 Å². The molecule has 84 valence electrons. The van der Waals surface area contributed by atoms with Crippen molar-refractivity contribution in [1.29, 1.82) is 0 Å². The second-order valence-corrected chi connectivity index (χ2v) is 3.76. The zero-order chi connectivity index (χ0) is 12.1. The Bertz CT molecular complexity index is 506. The summed E-state index contributed by atoms with van der Waals surface area (Å²) in [5.41, 5.74) is 0.501. The Morgan fingerprint density at radius 2 is 1.56 bits per heavy atom. The Hall–Kier alpha value is -1.05. The van der Waals surface area contributed by atoms with Crippen LogP contribution >= 0.6 is 23.2 Å². The van der Waals surface area contributed by atoms with Crippen LogP contribution in [-0.4, -0.2) is 5.24 Å². The lowest BCUT2D eigenvalue weighted by atomic mass is 10.1. The number of benzene rings is 2. The molecular formula is C13H12Cl2O. The van der Waals surface area contributed by atoms with Crippen molar-refractivity contribution in [3.05, 3.63) is 47.0 Å². The minimum Gasteiger partial charge on any atom is -0.276 e. The molecule has 0 N–H and O–H groups in total. The molecule has 16 heavy (non-hydrogen) atoms. The van der Waals surface area contributed by atoms with E-state index in [0.29, 0.717) is 10.6 Å². The SMILES string of the molecule is CC.O=C(Cl)c1ccc2cc(Cl)ccc2c1. The third kappa shape index (κ3) is 2.97. The van der Waals surface area contributed by atoms with Gasteiger partial charge in [0, 0.05) is 10.6 Å². The molecule has 0 spiro atoms. The molecule has 3 heteroatoms. The zero-order valence-corrected chi connectivity index (χ0v) is 10.6. The molecule has 0 saturated carbocycles. The summed E-state index contributed by atoms with van der Waals surface area (Å²) in [6.07, 6.45) is 0. The molecule has 0 amide bonds. The first-order valence-electron chi connectivity index (χ1n) is 5.06. The summed E-state index contributed by atoms with van der Waals surface area (Å²) < 4.78 is 0. The van der Waals surface area contributed by atoms with E-state index >= 15 is 0 Å². The second kappa shape index (κ2) is 5.88. The summed E-state index contributed by atoms with van der Waals surface area (Å²) >= 11 is 11.2. The second-order valence-electron chi connectivity index (χ2n) is 2.98. The van der Waals surface area contributed by atoms with Gasteiger partial charge in [-0.3, -0.25) is 4.79 Å². The molecule has 0 bridgehead atoms. The minimum absolute atomic E-state index is 0.443. The average Bonchev–Trinajstić information content (AvgIpc) is 2.30. The monoisotopic (exact) mass is 254 g/mol. The third-order valence-corrected chi connectivity index (χ3v) is 2.48. The predicted octanol–water partition coefficient (Wildman–Crippen LogP) is 4.90. The molecule has 0 atom stereocenters. The molecule has 0 aromatic heterocycles. The van der Waals surface area contributed by atoms with Crippen LogP contribution in [0.3, 0.4) is 0 Å². The van der Waals surface area contributed by atoms with Crippen molar-refractivity contribution in [1.82, 2.24) is 0 Å². The van der Waals surface area contributed by atoms with Gasteiger partial charge in [-0.25, -0.2) is 0 Å². The van der Waals surface area contributed by atoms with Crippen LogP contribution in [0.4, 0.5) is 0 Å². The molecule has 0 fully saturated rings. The van der Waals surface area contributed by atoms with E-state index in [1.54, 1.807) is 18.2 Å². The molecule has 2 aromatic rings. The van der Waals surface area contributed by atoms with Gasteiger partial charge in [0.15, 0.2) is 0 Å². The maximum atomic E-state index is 10.9.